The number of oxime groups is 1. The molecule has 1 rings (SSSR count). The molecule has 0 radical (unpaired) electrons. The summed E-state index contributed by atoms with van der Waals surface area (Å²) < 4.78 is 0. The second-order valence-corrected chi connectivity index (χ2v) is 4.64. The minimum absolute atomic E-state index is 0.0180. The number of nitrogens with two attached hydrogens (primary N) is 1. The fourth-order valence-electron chi connectivity index (χ4n) is 1.50. The van der Waals surface area contributed by atoms with Gasteiger partial charge in [-0.1, -0.05) is 35.5 Å². The Morgan fingerprint density at radius 3 is 2.56 bits per heavy atom. The molecule has 18 heavy (non-hydrogen) atoms. The average molecular weight is 249 g/mol. The summed E-state index contributed by atoms with van der Waals surface area (Å²) in [4.78, 5) is 11.7. The predicted octanol–water partition coefficient (Wildman–Crippen LogP) is 1.26. The molecule has 0 spiro atoms. The van der Waals surface area contributed by atoms with E-state index in [-0.39, 0.29) is 11.7 Å². The Labute approximate surface area is 107 Å². The lowest BCUT2D eigenvalue weighted by atomic mass is 10.0. The van der Waals surface area contributed by atoms with Crippen molar-refractivity contribution in [1.82, 2.24) is 5.32 Å². The van der Waals surface area contributed by atoms with E-state index in [1.807, 2.05) is 30.3 Å². The number of carbonyl (C=O) groups excluding carboxylic acids is 1. The standard InChI is InChI=1S/C13H19N3O2/c1-13(2,12(14)16-18)15-11(17)9-8-10-6-4-3-5-7-10/h3-7,18H,8-9H2,1-2H3,(H2,14,16)(H,15,17). The van der Waals surface area contributed by atoms with E-state index in [1.54, 1.807) is 13.8 Å². The van der Waals surface area contributed by atoms with E-state index >= 15 is 0 Å². The van der Waals surface area contributed by atoms with Gasteiger partial charge in [0.15, 0.2) is 5.84 Å². The number of nitrogens with one attached hydrogen (secondary N) is 1. The van der Waals surface area contributed by atoms with Gasteiger partial charge in [0.1, 0.15) is 0 Å². The third kappa shape index (κ3) is 4.08. The topological polar surface area (TPSA) is 87.7 Å². The van der Waals surface area contributed by atoms with Gasteiger partial charge in [-0.3, -0.25) is 4.79 Å². The van der Waals surface area contributed by atoms with Crippen LogP contribution >= 0.6 is 0 Å². The average Bonchev–Trinajstić information content (AvgIpc) is 2.36. The molecule has 0 saturated heterocycles. The summed E-state index contributed by atoms with van der Waals surface area (Å²) in [5.41, 5.74) is 5.75. The number of hydrogen-bond donors (Lipinski definition) is 3. The molecule has 0 heterocycles. The maximum Gasteiger partial charge on any atom is 0.221 e. The molecule has 0 bridgehead atoms. The van der Waals surface area contributed by atoms with Gasteiger partial charge in [-0.25, -0.2) is 0 Å². The molecule has 5 heteroatoms. The molecule has 1 aromatic rings. The van der Waals surface area contributed by atoms with E-state index in [4.69, 9.17) is 10.9 Å². The SMILES string of the molecule is CC(C)(NC(=O)CCc1ccccc1)/C(N)=N/O. The van der Waals surface area contributed by atoms with Crippen LogP contribution < -0.4 is 11.1 Å². The molecule has 0 fully saturated rings. The molecule has 0 saturated carbocycles. The highest BCUT2D eigenvalue weighted by atomic mass is 16.4. The lowest BCUT2D eigenvalue weighted by molar-refractivity contribution is -0.122. The number of carbonyl (C=O) groups is 1. The Hall–Kier alpha value is -2.04. The van der Waals surface area contributed by atoms with Crippen LogP contribution in [0.4, 0.5) is 0 Å². The molecular formula is C13H19N3O2. The van der Waals surface area contributed by atoms with Crippen molar-refractivity contribution in [3.05, 3.63) is 35.9 Å². The molecular weight excluding hydrogens is 230 g/mol. The number of rotatable bonds is 5. The van der Waals surface area contributed by atoms with Crippen molar-refractivity contribution in [2.24, 2.45) is 10.9 Å². The van der Waals surface area contributed by atoms with Crippen LogP contribution in [0.25, 0.3) is 0 Å². The van der Waals surface area contributed by atoms with Gasteiger partial charge in [0, 0.05) is 6.42 Å². The van der Waals surface area contributed by atoms with Crippen LogP contribution in [-0.4, -0.2) is 22.5 Å². The third-order valence-corrected chi connectivity index (χ3v) is 2.68. The van der Waals surface area contributed by atoms with Crippen LogP contribution in [0.1, 0.15) is 25.8 Å². The van der Waals surface area contributed by atoms with Gasteiger partial charge in [-0.15, -0.1) is 0 Å². The minimum atomic E-state index is -0.845. The molecule has 0 atom stereocenters. The van der Waals surface area contributed by atoms with Crippen LogP contribution in [0.2, 0.25) is 0 Å². The van der Waals surface area contributed by atoms with Gasteiger partial charge in [0.2, 0.25) is 5.91 Å². The van der Waals surface area contributed by atoms with Crippen molar-refractivity contribution in [2.75, 3.05) is 0 Å². The van der Waals surface area contributed by atoms with Gasteiger partial charge in [0.05, 0.1) is 5.54 Å². The largest absolute Gasteiger partial charge is 0.409 e. The second kappa shape index (κ2) is 6.05. The molecule has 0 aliphatic rings. The molecule has 1 amide bonds. The summed E-state index contributed by atoms with van der Waals surface area (Å²) in [7, 11) is 0. The highest BCUT2D eigenvalue weighted by Crippen LogP contribution is 2.05. The van der Waals surface area contributed by atoms with E-state index in [0.717, 1.165) is 5.56 Å². The van der Waals surface area contributed by atoms with Crippen molar-refractivity contribution < 1.29 is 10.0 Å². The van der Waals surface area contributed by atoms with Crippen molar-refractivity contribution in [2.45, 2.75) is 32.2 Å². The van der Waals surface area contributed by atoms with Crippen LogP contribution in [0, 0.1) is 0 Å². The highest BCUT2D eigenvalue weighted by molar-refractivity contribution is 5.93. The Bertz CT molecular complexity index is 427. The Balaban J connectivity index is 2.48. The molecule has 98 valence electrons. The zero-order chi connectivity index (χ0) is 13.6. The number of benzene rings is 1. The lowest BCUT2D eigenvalue weighted by Crippen LogP contribution is -2.53. The zero-order valence-electron chi connectivity index (χ0n) is 10.7. The maximum atomic E-state index is 11.7. The molecule has 0 aromatic heterocycles. The molecule has 0 unspecified atom stereocenters. The number of nitrogens with zero attached hydrogens (tertiary/aromatic N) is 1. The molecule has 5 nitrogen and oxygen atoms in total. The first kappa shape index (κ1) is 14.0. The summed E-state index contributed by atoms with van der Waals surface area (Å²) in [6.45, 7) is 3.37. The summed E-state index contributed by atoms with van der Waals surface area (Å²) >= 11 is 0. The minimum Gasteiger partial charge on any atom is -0.409 e. The van der Waals surface area contributed by atoms with Crippen LogP contribution in [-0.2, 0) is 11.2 Å². The van der Waals surface area contributed by atoms with E-state index in [2.05, 4.69) is 10.5 Å². The Morgan fingerprint density at radius 2 is 2.00 bits per heavy atom. The van der Waals surface area contributed by atoms with Gasteiger partial charge in [0.25, 0.3) is 0 Å². The third-order valence-electron chi connectivity index (χ3n) is 2.68. The molecule has 0 aliphatic heterocycles. The Kier molecular flexibility index (Phi) is 4.71. The summed E-state index contributed by atoms with van der Waals surface area (Å²) in [5, 5.41) is 14.2. The van der Waals surface area contributed by atoms with Gasteiger partial charge >= 0.3 is 0 Å². The fraction of sp³-hybridized carbons (Fsp3) is 0.385. The lowest BCUT2D eigenvalue weighted by Gasteiger charge is -2.24. The van der Waals surface area contributed by atoms with Gasteiger partial charge in [-0.2, -0.15) is 0 Å². The second-order valence-electron chi connectivity index (χ2n) is 4.64. The van der Waals surface area contributed by atoms with Crippen LogP contribution in [0.3, 0.4) is 0 Å². The monoisotopic (exact) mass is 249 g/mol. The van der Waals surface area contributed by atoms with Gasteiger partial charge < -0.3 is 16.3 Å². The molecule has 4 N–H and O–H groups in total. The normalized spacial score (nSPS) is 12.2. The van der Waals surface area contributed by atoms with Gasteiger partial charge in [-0.05, 0) is 25.8 Å². The van der Waals surface area contributed by atoms with Crippen molar-refractivity contribution in [3.63, 3.8) is 0 Å². The van der Waals surface area contributed by atoms with E-state index in [9.17, 15) is 4.79 Å². The predicted molar refractivity (Wildman–Crippen MR) is 70.4 cm³/mol. The quantitative estimate of drug-likeness (QED) is 0.318. The molecule has 0 aliphatic carbocycles. The zero-order valence-corrected chi connectivity index (χ0v) is 10.7. The number of aryl methyl sites for hydroxylation is 1. The smallest absolute Gasteiger partial charge is 0.221 e. The maximum absolute atomic E-state index is 11.7. The first-order chi connectivity index (χ1) is 8.45. The fourth-order valence-corrected chi connectivity index (χ4v) is 1.50. The van der Waals surface area contributed by atoms with Crippen LogP contribution in [0.15, 0.2) is 35.5 Å². The highest BCUT2D eigenvalue weighted by Gasteiger charge is 2.25. The number of hydrogen-bond acceptors (Lipinski definition) is 3. The van der Waals surface area contributed by atoms with Crippen molar-refractivity contribution >= 4 is 11.7 Å². The van der Waals surface area contributed by atoms with Crippen molar-refractivity contribution in [1.29, 1.82) is 0 Å². The van der Waals surface area contributed by atoms with Crippen LogP contribution in [0.5, 0.6) is 0 Å². The van der Waals surface area contributed by atoms with Crippen molar-refractivity contribution in [3.8, 4) is 0 Å². The van der Waals surface area contributed by atoms with E-state index < -0.39 is 5.54 Å². The van der Waals surface area contributed by atoms with E-state index in [0.29, 0.717) is 12.8 Å². The summed E-state index contributed by atoms with van der Waals surface area (Å²) in [6.07, 6.45) is 1.03. The number of amides is 1. The summed E-state index contributed by atoms with van der Waals surface area (Å²) in [6, 6.07) is 9.76. The molecule has 1 aromatic carbocycles. The first-order valence-electron chi connectivity index (χ1n) is 5.78. The summed E-state index contributed by atoms with van der Waals surface area (Å²) in [5.74, 6) is -0.147. The Morgan fingerprint density at radius 1 is 1.39 bits per heavy atom. The first-order valence-corrected chi connectivity index (χ1v) is 5.78. The number of amidine groups is 1. The van der Waals surface area contributed by atoms with E-state index in [1.165, 1.54) is 0 Å².